The molecule has 2 aliphatic heterocycles. The predicted octanol–water partition coefficient (Wildman–Crippen LogP) is 1.24. The summed E-state index contributed by atoms with van der Waals surface area (Å²) in [4.78, 5) is 47.9. The molecule has 2 rings (SSSR count). The molecule has 13 nitrogen and oxygen atoms in total. The number of hydrogen-bond donors (Lipinski definition) is 4. The van der Waals surface area contributed by atoms with E-state index in [4.69, 9.17) is 18.3 Å². The second-order valence-electron chi connectivity index (χ2n) is 10.6. The number of thioether (sulfide) groups is 1. The van der Waals surface area contributed by atoms with Gasteiger partial charge in [0.25, 0.3) is 0 Å². The van der Waals surface area contributed by atoms with Gasteiger partial charge in [0.2, 0.25) is 18.6 Å². The number of hydrogen-bond acceptors (Lipinski definition) is 12. The standard InChI is InChI=1S/C22H39N4O9PS/c1-14(27)37-10-9-23-17(28)7-8-24-19(29)18-22(5,6)12-33-36(31,35-18)34-13-32-20(30)15-11-16(26-25-15)21(2,3)4/h15-16,18,25-26H,7-13H2,1-6H3,(H,23,28)(H,24,29)/t15?,16?,18-,36?/m0/s1. The Labute approximate surface area is 221 Å². The monoisotopic (exact) mass is 566 g/mol. The molecule has 2 heterocycles. The molecular weight excluding hydrogens is 527 g/mol. The van der Waals surface area contributed by atoms with Crippen molar-refractivity contribution in [3.05, 3.63) is 0 Å². The first kappa shape index (κ1) is 31.7. The van der Waals surface area contributed by atoms with E-state index in [0.717, 1.165) is 11.8 Å². The molecule has 2 amide bonds. The molecule has 4 atom stereocenters. The van der Waals surface area contributed by atoms with Crippen LogP contribution < -0.4 is 21.5 Å². The van der Waals surface area contributed by atoms with Crippen molar-refractivity contribution < 1.29 is 42.1 Å². The average molecular weight is 567 g/mol. The molecule has 0 spiro atoms. The van der Waals surface area contributed by atoms with E-state index >= 15 is 0 Å². The normalized spacial score (nSPS) is 27.4. The number of hydrazine groups is 1. The van der Waals surface area contributed by atoms with Crippen LogP contribution in [-0.4, -0.2) is 73.3 Å². The maximum absolute atomic E-state index is 12.9. The van der Waals surface area contributed by atoms with Gasteiger partial charge in [-0.3, -0.25) is 33.7 Å². The lowest BCUT2D eigenvalue weighted by molar-refractivity contribution is -0.157. The van der Waals surface area contributed by atoms with E-state index in [2.05, 4.69) is 21.5 Å². The summed E-state index contributed by atoms with van der Waals surface area (Å²) in [6.45, 7) is 10.6. The van der Waals surface area contributed by atoms with Crippen molar-refractivity contribution >= 4 is 42.5 Å². The van der Waals surface area contributed by atoms with E-state index in [9.17, 15) is 23.7 Å². The maximum atomic E-state index is 12.9. The van der Waals surface area contributed by atoms with Crippen LogP contribution in [0.2, 0.25) is 0 Å². The van der Waals surface area contributed by atoms with Crippen LogP contribution in [0.3, 0.4) is 0 Å². The third-order valence-corrected chi connectivity index (χ3v) is 7.95. The Kier molecular flexibility index (Phi) is 11.6. The number of phosphoric acid groups is 1. The Bertz CT molecular complexity index is 896. The highest BCUT2D eigenvalue weighted by atomic mass is 32.2. The average Bonchev–Trinajstić information content (AvgIpc) is 3.30. The lowest BCUT2D eigenvalue weighted by Crippen LogP contribution is -2.50. The zero-order valence-electron chi connectivity index (χ0n) is 22.2. The van der Waals surface area contributed by atoms with E-state index in [1.54, 1.807) is 13.8 Å². The smallest absolute Gasteiger partial charge is 0.437 e. The molecule has 0 aromatic heterocycles. The zero-order chi connectivity index (χ0) is 27.9. The fourth-order valence-corrected chi connectivity index (χ4v) is 5.49. The quantitative estimate of drug-likeness (QED) is 0.122. The van der Waals surface area contributed by atoms with Crippen LogP contribution in [0.25, 0.3) is 0 Å². The highest BCUT2D eigenvalue weighted by Gasteiger charge is 2.49. The molecule has 0 bridgehead atoms. The maximum Gasteiger partial charge on any atom is 0.478 e. The second-order valence-corrected chi connectivity index (χ2v) is 13.5. The van der Waals surface area contributed by atoms with Crippen molar-refractivity contribution in [1.29, 1.82) is 0 Å². The minimum Gasteiger partial charge on any atom is -0.437 e. The zero-order valence-corrected chi connectivity index (χ0v) is 23.9. The third kappa shape index (κ3) is 10.3. The molecule has 0 aromatic carbocycles. The number of nitrogens with one attached hydrogen (secondary N) is 4. The topological polar surface area (TPSA) is 170 Å². The highest BCUT2D eigenvalue weighted by molar-refractivity contribution is 8.13. The van der Waals surface area contributed by atoms with Crippen molar-refractivity contribution in [1.82, 2.24) is 21.5 Å². The first-order valence-corrected chi connectivity index (χ1v) is 14.5. The molecular formula is C22H39N4O9PS. The van der Waals surface area contributed by atoms with Crippen LogP contribution in [0.1, 0.15) is 54.4 Å². The van der Waals surface area contributed by atoms with Crippen LogP contribution in [0, 0.1) is 10.8 Å². The van der Waals surface area contributed by atoms with Gasteiger partial charge in [0.15, 0.2) is 11.2 Å². The van der Waals surface area contributed by atoms with Crippen molar-refractivity contribution in [2.45, 2.75) is 72.6 Å². The molecule has 0 aliphatic carbocycles. The predicted molar refractivity (Wildman–Crippen MR) is 136 cm³/mol. The number of amides is 2. The number of rotatable bonds is 11. The van der Waals surface area contributed by atoms with E-state index in [-0.39, 0.29) is 42.1 Å². The fraction of sp³-hybridized carbons (Fsp3) is 0.818. The van der Waals surface area contributed by atoms with Crippen molar-refractivity contribution in [3.8, 4) is 0 Å². The van der Waals surface area contributed by atoms with Gasteiger partial charge in [-0.15, -0.1) is 0 Å². The van der Waals surface area contributed by atoms with Gasteiger partial charge >= 0.3 is 13.8 Å². The molecule has 0 radical (unpaired) electrons. The van der Waals surface area contributed by atoms with E-state index in [0.29, 0.717) is 18.7 Å². The number of carbonyl (C=O) groups is 4. The molecule has 0 saturated carbocycles. The molecule has 4 N–H and O–H groups in total. The summed E-state index contributed by atoms with van der Waals surface area (Å²) in [6, 6.07) is -0.530. The van der Waals surface area contributed by atoms with Gasteiger partial charge in [0.1, 0.15) is 6.04 Å². The van der Waals surface area contributed by atoms with Gasteiger partial charge in [0.05, 0.1) is 6.61 Å². The summed E-state index contributed by atoms with van der Waals surface area (Å²) in [6.07, 6.45) is -0.658. The SMILES string of the molecule is CC(=O)SCCNC(=O)CCNC(=O)[C@@H]1OP(=O)(OCOC(=O)C2CC(C(C)(C)C)NN2)OCC1(C)C. The number of carbonyl (C=O) groups excluding carboxylic acids is 4. The first-order valence-electron chi connectivity index (χ1n) is 12.1. The van der Waals surface area contributed by atoms with Gasteiger partial charge in [0, 0.05) is 43.6 Å². The summed E-state index contributed by atoms with van der Waals surface area (Å²) >= 11 is 1.11. The summed E-state index contributed by atoms with van der Waals surface area (Å²) in [5.74, 6) is -0.986. The van der Waals surface area contributed by atoms with Crippen LogP contribution in [0.4, 0.5) is 0 Å². The lowest BCUT2D eigenvalue weighted by Gasteiger charge is -2.39. The van der Waals surface area contributed by atoms with Crippen molar-refractivity contribution in [3.63, 3.8) is 0 Å². The Balaban J connectivity index is 1.78. The minimum absolute atomic E-state index is 0.0182. The van der Waals surface area contributed by atoms with Gasteiger partial charge in [-0.2, -0.15) is 0 Å². The van der Waals surface area contributed by atoms with Gasteiger partial charge in [-0.25, -0.2) is 14.5 Å². The van der Waals surface area contributed by atoms with E-state index in [1.807, 2.05) is 20.8 Å². The number of ether oxygens (including phenoxy) is 1. The van der Waals surface area contributed by atoms with Gasteiger partial charge in [-0.1, -0.05) is 46.4 Å². The number of esters is 1. The Morgan fingerprint density at radius 2 is 1.84 bits per heavy atom. The first-order chi connectivity index (χ1) is 17.1. The van der Waals surface area contributed by atoms with Crippen LogP contribution in [-0.2, 0) is 42.1 Å². The number of phosphoric ester groups is 1. The molecule has 2 saturated heterocycles. The lowest BCUT2D eigenvalue weighted by atomic mass is 9.85. The summed E-state index contributed by atoms with van der Waals surface area (Å²) in [5.41, 5.74) is 5.04. The van der Waals surface area contributed by atoms with E-state index in [1.165, 1.54) is 6.92 Å². The summed E-state index contributed by atoms with van der Waals surface area (Å²) in [7, 11) is -4.19. The van der Waals surface area contributed by atoms with Crippen molar-refractivity contribution in [2.75, 3.05) is 32.2 Å². The highest BCUT2D eigenvalue weighted by Crippen LogP contribution is 2.57. The molecule has 0 aromatic rings. The minimum atomic E-state index is -4.19. The summed E-state index contributed by atoms with van der Waals surface area (Å²) < 4.78 is 33.9. The molecule has 3 unspecified atom stereocenters. The Morgan fingerprint density at radius 1 is 1.14 bits per heavy atom. The second kappa shape index (κ2) is 13.5. The Morgan fingerprint density at radius 3 is 2.46 bits per heavy atom. The molecule has 2 aliphatic rings. The van der Waals surface area contributed by atoms with Crippen molar-refractivity contribution in [2.24, 2.45) is 10.8 Å². The van der Waals surface area contributed by atoms with Crippen LogP contribution in [0.5, 0.6) is 0 Å². The largest absolute Gasteiger partial charge is 0.478 e. The molecule has 15 heteroatoms. The molecule has 37 heavy (non-hydrogen) atoms. The van der Waals surface area contributed by atoms with Crippen LogP contribution in [0.15, 0.2) is 0 Å². The van der Waals surface area contributed by atoms with Gasteiger partial charge < -0.3 is 15.4 Å². The fourth-order valence-electron chi connectivity index (χ4n) is 3.49. The van der Waals surface area contributed by atoms with E-state index < -0.39 is 44.1 Å². The summed E-state index contributed by atoms with van der Waals surface area (Å²) in [5, 5.41) is 5.22. The van der Waals surface area contributed by atoms with Gasteiger partial charge in [-0.05, 0) is 11.8 Å². The molecule has 2 fully saturated rings. The Hall–Kier alpha value is -1.54. The van der Waals surface area contributed by atoms with Crippen LogP contribution >= 0.6 is 19.6 Å². The third-order valence-electron chi connectivity index (χ3n) is 5.80. The molecule has 212 valence electrons.